The molecule has 4 rings (SSSR count). The predicted molar refractivity (Wildman–Crippen MR) is 160 cm³/mol. The molecule has 0 saturated heterocycles. The van der Waals surface area contributed by atoms with Crippen molar-refractivity contribution in [2.45, 2.75) is 57.3 Å². The maximum absolute atomic E-state index is 15.0. The summed E-state index contributed by atoms with van der Waals surface area (Å²) < 4.78 is 16.2. The van der Waals surface area contributed by atoms with Crippen LogP contribution in [-0.4, -0.2) is 29.1 Å². The van der Waals surface area contributed by atoms with E-state index in [1.54, 1.807) is 12.3 Å². The summed E-state index contributed by atoms with van der Waals surface area (Å²) in [5.41, 5.74) is 4.46. The van der Waals surface area contributed by atoms with Crippen LogP contribution in [0, 0.1) is 11.9 Å². The Morgan fingerprint density at radius 1 is 1.00 bits per heavy atom. The number of benzene rings is 3. The summed E-state index contributed by atoms with van der Waals surface area (Å²) >= 11 is -2.07. The molecule has 0 saturated carbocycles. The SMILES string of the molecule is CC(=O)/C=C(/C)O.CC(C)(C)c1cc(-c2cc(-c3cc[c]([Ge]([CH3])([CH3])[CH3])cc3F)ccn2)[c-]c2ccccc12.[Ir]. The van der Waals surface area contributed by atoms with E-state index in [-0.39, 0.29) is 42.9 Å². The van der Waals surface area contributed by atoms with Crippen molar-refractivity contribution < 1.29 is 34.4 Å². The Morgan fingerprint density at radius 3 is 2.21 bits per heavy atom. The number of aliphatic hydroxyl groups is 1. The second-order valence-electron chi connectivity index (χ2n) is 11.7. The Labute approximate surface area is 248 Å². The van der Waals surface area contributed by atoms with Gasteiger partial charge in [0.1, 0.15) is 0 Å². The van der Waals surface area contributed by atoms with E-state index in [1.165, 1.54) is 35.3 Å². The van der Waals surface area contributed by atoms with Gasteiger partial charge < -0.3 is 5.11 Å². The van der Waals surface area contributed by atoms with Crippen molar-refractivity contribution in [2.24, 2.45) is 0 Å². The van der Waals surface area contributed by atoms with Gasteiger partial charge in [0.15, 0.2) is 5.78 Å². The van der Waals surface area contributed by atoms with E-state index in [9.17, 15) is 4.79 Å². The number of nitrogens with zero attached hydrogens (tertiary/aromatic N) is 1. The fraction of sp³-hybridized carbons (Fsp3) is 0.273. The normalized spacial score (nSPS) is 11.9. The molecule has 0 fully saturated rings. The number of hydrogen-bond acceptors (Lipinski definition) is 3. The van der Waals surface area contributed by atoms with Gasteiger partial charge in [-0.1, -0.05) is 6.07 Å². The molecule has 3 aromatic carbocycles. The monoisotopic (exact) mass is 765 g/mol. The van der Waals surface area contributed by atoms with Crippen LogP contribution in [0.3, 0.4) is 0 Å². The summed E-state index contributed by atoms with van der Waals surface area (Å²) in [5.74, 6) is 6.62. The summed E-state index contributed by atoms with van der Waals surface area (Å²) in [6.45, 7) is 9.51. The first-order valence-corrected chi connectivity index (χ1v) is 20.1. The molecule has 1 heterocycles. The zero-order valence-corrected chi connectivity index (χ0v) is 28.4. The number of ketones is 1. The molecule has 0 aliphatic heterocycles. The maximum atomic E-state index is 15.0. The molecule has 3 nitrogen and oxygen atoms in total. The molecule has 0 aliphatic rings. The molecule has 4 aromatic rings. The quantitative estimate of drug-likeness (QED) is 0.0985. The van der Waals surface area contributed by atoms with Crippen molar-refractivity contribution in [3.05, 3.63) is 96.1 Å². The maximum Gasteiger partial charge on any atom is 0 e. The predicted octanol–water partition coefficient (Wildman–Crippen LogP) is 8.39. The first-order valence-electron chi connectivity index (χ1n) is 12.8. The van der Waals surface area contributed by atoms with Gasteiger partial charge in [-0.25, -0.2) is 0 Å². The van der Waals surface area contributed by atoms with Gasteiger partial charge in [0.2, 0.25) is 0 Å². The summed E-state index contributed by atoms with van der Waals surface area (Å²) in [6.07, 6.45) is 2.93. The third-order valence-electron chi connectivity index (χ3n) is 6.18. The third kappa shape index (κ3) is 8.69. The largest absolute Gasteiger partial charge is 0 e. The van der Waals surface area contributed by atoms with E-state index in [2.05, 4.69) is 79.4 Å². The number of halogens is 1. The minimum Gasteiger partial charge on any atom is 0 e. The van der Waals surface area contributed by atoms with Crippen LogP contribution in [0.5, 0.6) is 0 Å². The van der Waals surface area contributed by atoms with Crippen LogP contribution in [0.25, 0.3) is 33.2 Å². The minimum atomic E-state index is -2.07. The summed E-state index contributed by atoms with van der Waals surface area (Å²) in [5, 5.41) is 10.6. The molecule has 207 valence electrons. The van der Waals surface area contributed by atoms with Crippen LogP contribution in [0.4, 0.5) is 4.39 Å². The molecule has 1 N–H and O–H groups in total. The summed E-state index contributed by atoms with van der Waals surface area (Å²) in [7, 11) is 0. The van der Waals surface area contributed by atoms with Crippen LogP contribution in [-0.2, 0) is 30.3 Å². The van der Waals surface area contributed by atoms with Gasteiger partial charge >= 0.3 is 182 Å². The number of fused-ring (bicyclic) bond motifs is 1. The van der Waals surface area contributed by atoms with E-state index in [0.29, 0.717) is 5.56 Å². The van der Waals surface area contributed by atoms with Crippen molar-refractivity contribution in [2.75, 3.05) is 0 Å². The van der Waals surface area contributed by atoms with Crippen LogP contribution in [0.1, 0.15) is 40.2 Å². The number of carbonyl (C=O) groups excluding carboxylic acids is 1. The van der Waals surface area contributed by atoms with E-state index in [0.717, 1.165) is 22.2 Å². The fourth-order valence-corrected chi connectivity index (χ4v) is 6.64. The van der Waals surface area contributed by atoms with Crippen molar-refractivity contribution in [1.29, 1.82) is 0 Å². The first-order chi connectivity index (χ1) is 17.7. The number of allylic oxidation sites excluding steroid dienone is 2. The molecule has 1 aromatic heterocycles. The topological polar surface area (TPSA) is 50.2 Å². The molecule has 0 unspecified atom stereocenters. The van der Waals surface area contributed by atoms with E-state index >= 15 is 4.39 Å². The number of hydrogen-bond donors (Lipinski definition) is 1. The Bertz CT molecular complexity index is 1500. The average molecular weight is 763 g/mol. The van der Waals surface area contributed by atoms with Gasteiger partial charge in [-0.2, -0.15) is 0 Å². The Balaban J connectivity index is 0.000000592. The number of carbonyl (C=O) groups is 1. The van der Waals surface area contributed by atoms with Gasteiger partial charge in [0.25, 0.3) is 0 Å². The van der Waals surface area contributed by atoms with Crippen molar-refractivity contribution in [3.63, 3.8) is 0 Å². The Hall–Kier alpha value is -2.60. The Kier molecular flexibility index (Phi) is 11.0. The molecule has 0 spiro atoms. The zero-order valence-electron chi connectivity index (χ0n) is 23.9. The molecule has 0 amide bonds. The minimum absolute atomic E-state index is 0. The number of aromatic nitrogens is 1. The smallest absolute Gasteiger partial charge is 0 e. The zero-order chi connectivity index (χ0) is 28.3. The van der Waals surface area contributed by atoms with Crippen molar-refractivity contribution in [1.82, 2.24) is 4.98 Å². The van der Waals surface area contributed by atoms with Gasteiger partial charge in [0, 0.05) is 26.2 Å². The summed E-state index contributed by atoms with van der Waals surface area (Å²) in [6, 6.07) is 23.7. The van der Waals surface area contributed by atoms with Crippen LogP contribution in [0.15, 0.2) is 78.7 Å². The molecule has 0 aliphatic carbocycles. The van der Waals surface area contributed by atoms with Crippen molar-refractivity contribution >= 4 is 34.2 Å². The molecule has 0 atom stereocenters. The molecule has 0 bridgehead atoms. The van der Waals surface area contributed by atoms with E-state index < -0.39 is 13.3 Å². The van der Waals surface area contributed by atoms with Crippen LogP contribution >= 0.6 is 0 Å². The Morgan fingerprint density at radius 2 is 1.67 bits per heavy atom. The molecule has 39 heavy (non-hydrogen) atoms. The van der Waals surface area contributed by atoms with Crippen LogP contribution < -0.4 is 4.40 Å². The van der Waals surface area contributed by atoms with E-state index in [4.69, 9.17) is 5.11 Å². The van der Waals surface area contributed by atoms with Crippen molar-refractivity contribution in [3.8, 4) is 22.4 Å². The fourth-order valence-electron chi connectivity index (χ4n) is 4.24. The molecule has 1 radical (unpaired) electrons. The molecular weight excluding hydrogens is 726 g/mol. The second kappa shape index (κ2) is 13.2. The summed E-state index contributed by atoms with van der Waals surface area (Å²) in [4.78, 5) is 14.6. The standard InChI is InChI=1S/C28H29FGeN.C5H8O2.Ir/c1-28(2,3)25-16-21(15-19-9-7-8-10-23(19)25)27-17-20(13-14-31-27)24-12-11-22(18-26(24)29)30(4,5)6;1-4(6)3-5(2)7;/h7-14,16-18H,1-6H3;3,6H,1-2H3;/q-1;;/b;4-3-;. The van der Waals surface area contributed by atoms with Gasteiger partial charge in [0.05, 0.1) is 5.76 Å². The van der Waals surface area contributed by atoms with Crippen LogP contribution in [0.2, 0.25) is 17.3 Å². The number of rotatable bonds is 4. The van der Waals surface area contributed by atoms with Gasteiger partial charge in [-0.15, -0.1) is 0 Å². The second-order valence-corrected chi connectivity index (χ2v) is 22.3. The van der Waals surface area contributed by atoms with E-state index in [1.807, 2.05) is 24.3 Å². The van der Waals surface area contributed by atoms with Gasteiger partial charge in [-0.05, 0) is 13.8 Å². The first kappa shape index (κ1) is 32.6. The number of aliphatic hydroxyl groups excluding tert-OH is 1. The average Bonchev–Trinajstić information content (AvgIpc) is 2.81. The van der Waals surface area contributed by atoms with Gasteiger partial charge in [-0.3, -0.25) is 4.79 Å². The molecular formula is C33H37FGeIrNO2-. The molecule has 6 heteroatoms. The third-order valence-corrected chi connectivity index (χ3v) is 10.5. The number of pyridine rings is 1.